The molecule has 1 saturated heterocycles. The summed E-state index contributed by atoms with van der Waals surface area (Å²) in [5.41, 5.74) is 2.36. The summed E-state index contributed by atoms with van der Waals surface area (Å²) < 4.78 is 29.4. The Hall–Kier alpha value is -3.01. The zero-order valence-corrected chi connectivity index (χ0v) is 18.2. The van der Waals surface area contributed by atoms with Crippen molar-refractivity contribution in [2.45, 2.75) is 37.5 Å². The number of alkyl halides is 2. The number of rotatable bonds is 3. The van der Waals surface area contributed by atoms with Gasteiger partial charge in [-0.05, 0) is 31.4 Å². The second-order valence-electron chi connectivity index (χ2n) is 8.66. The smallest absolute Gasteiger partial charge is 0.265 e. The Bertz CT molecular complexity index is 1380. The molecule has 164 valence electrons. The molecule has 0 N–H and O–H groups in total. The second kappa shape index (κ2) is 6.99. The Morgan fingerprint density at radius 3 is 2.88 bits per heavy atom. The van der Waals surface area contributed by atoms with Gasteiger partial charge in [0, 0.05) is 54.7 Å². The first-order valence-electron chi connectivity index (χ1n) is 10.6. The third-order valence-corrected chi connectivity index (χ3v) is 7.03. The summed E-state index contributed by atoms with van der Waals surface area (Å²) in [5.74, 6) is -2.28. The van der Waals surface area contributed by atoms with Crippen LogP contribution in [0.5, 0.6) is 0 Å². The summed E-state index contributed by atoms with van der Waals surface area (Å²) in [6.07, 6.45) is 5.83. The maximum absolute atomic E-state index is 13.8. The van der Waals surface area contributed by atoms with Crippen LogP contribution in [-0.2, 0) is 7.05 Å². The lowest BCUT2D eigenvalue weighted by molar-refractivity contribution is -0.0559. The van der Waals surface area contributed by atoms with Crippen molar-refractivity contribution < 1.29 is 13.6 Å². The molecule has 6 rings (SSSR count). The van der Waals surface area contributed by atoms with Crippen molar-refractivity contribution in [2.75, 3.05) is 13.1 Å². The Labute approximate surface area is 186 Å². The third-order valence-electron chi connectivity index (χ3n) is 6.01. The summed E-state index contributed by atoms with van der Waals surface area (Å²) >= 11 is 1.25. The van der Waals surface area contributed by atoms with Crippen LogP contribution < -0.4 is 0 Å². The average molecular weight is 455 g/mol. The van der Waals surface area contributed by atoms with E-state index in [9.17, 15) is 13.6 Å². The Morgan fingerprint density at radius 1 is 1.25 bits per heavy atom. The van der Waals surface area contributed by atoms with E-state index >= 15 is 0 Å². The molecule has 32 heavy (non-hydrogen) atoms. The van der Waals surface area contributed by atoms with E-state index < -0.39 is 12.5 Å². The number of likely N-dealkylation sites (tertiary alicyclic amines) is 1. The number of piperidine rings is 1. The lowest BCUT2D eigenvalue weighted by Gasteiger charge is -2.32. The first-order chi connectivity index (χ1) is 15.4. The molecule has 4 aromatic rings. The number of aromatic nitrogens is 5. The fourth-order valence-electron chi connectivity index (χ4n) is 4.30. The van der Waals surface area contributed by atoms with E-state index in [1.54, 1.807) is 16.9 Å². The van der Waals surface area contributed by atoms with Crippen LogP contribution in [0, 0.1) is 0 Å². The molecule has 2 fully saturated rings. The van der Waals surface area contributed by atoms with Gasteiger partial charge in [-0.1, -0.05) is 0 Å². The number of hydrogen-bond acceptors (Lipinski definition) is 6. The van der Waals surface area contributed by atoms with Crippen LogP contribution in [0.25, 0.3) is 32.6 Å². The van der Waals surface area contributed by atoms with Crippen LogP contribution in [0.2, 0.25) is 0 Å². The van der Waals surface area contributed by atoms with Crippen LogP contribution in [-0.4, -0.2) is 54.6 Å². The molecule has 0 atom stereocenters. The number of thiophene rings is 1. The van der Waals surface area contributed by atoms with E-state index in [1.807, 2.05) is 19.3 Å². The minimum absolute atomic E-state index is 0.167. The predicted octanol–water partition coefficient (Wildman–Crippen LogP) is 4.39. The number of fused-ring (bicyclic) bond motifs is 2. The van der Waals surface area contributed by atoms with Gasteiger partial charge in [-0.15, -0.1) is 11.3 Å². The monoisotopic (exact) mass is 454 g/mol. The van der Waals surface area contributed by atoms with E-state index in [-0.39, 0.29) is 12.3 Å². The topological polar surface area (TPSA) is 76.8 Å². The Morgan fingerprint density at radius 2 is 2.09 bits per heavy atom. The minimum Gasteiger partial charge on any atom is -0.332 e. The van der Waals surface area contributed by atoms with Gasteiger partial charge in [0.1, 0.15) is 4.83 Å². The van der Waals surface area contributed by atoms with E-state index in [0.29, 0.717) is 40.1 Å². The number of halogens is 2. The first kappa shape index (κ1) is 19.7. The van der Waals surface area contributed by atoms with Gasteiger partial charge in [-0.25, -0.2) is 23.7 Å². The number of aryl methyl sites for hydroxylation is 1. The minimum atomic E-state index is -2.82. The Balaban J connectivity index is 1.42. The molecule has 1 amide bonds. The van der Waals surface area contributed by atoms with Gasteiger partial charge < -0.3 is 4.90 Å². The summed E-state index contributed by atoms with van der Waals surface area (Å²) in [6.45, 7) is -0.171. The van der Waals surface area contributed by atoms with E-state index in [2.05, 4.69) is 10.1 Å². The quantitative estimate of drug-likeness (QED) is 0.459. The molecule has 1 aliphatic carbocycles. The molecule has 2 aliphatic rings. The fourth-order valence-corrected chi connectivity index (χ4v) is 5.30. The first-order valence-corrected chi connectivity index (χ1v) is 11.5. The highest BCUT2D eigenvalue weighted by Gasteiger charge is 2.38. The highest BCUT2D eigenvalue weighted by atomic mass is 32.1. The lowest BCUT2D eigenvalue weighted by Crippen LogP contribution is -2.45. The standard InChI is InChI=1S/C22H20F2N6OS/c1-29-10-14-7-13(9-25-18(14)28-29)19-26-17(12-3-4-12)15-8-16(32-20(15)27-19)21(31)30-6-2-5-22(23,24)11-30/h7-10,12H,2-6,11H2,1H3. The summed E-state index contributed by atoms with van der Waals surface area (Å²) in [4.78, 5) is 29.4. The summed E-state index contributed by atoms with van der Waals surface area (Å²) in [6, 6.07) is 3.75. The molecule has 0 radical (unpaired) electrons. The van der Waals surface area contributed by atoms with Crippen LogP contribution in [0.4, 0.5) is 8.78 Å². The molecule has 5 heterocycles. The average Bonchev–Trinajstić information content (AvgIpc) is 3.39. The number of hydrogen-bond donors (Lipinski definition) is 0. The van der Waals surface area contributed by atoms with Crippen LogP contribution in [0.3, 0.4) is 0 Å². The van der Waals surface area contributed by atoms with E-state index in [4.69, 9.17) is 9.97 Å². The summed E-state index contributed by atoms with van der Waals surface area (Å²) in [5, 5.41) is 6.05. The maximum Gasteiger partial charge on any atom is 0.265 e. The van der Waals surface area contributed by atoms with Gasteiger partial charge in [-0.3, -0.25) is 9.48 Å². The van der Waals surface area contributed by atoms with Crippen molar-refractivity contribution in [3.05, 3.63) is 35.1 Å². The zero-order valence-electron chi connectivity index (χ0n) is 17.4. The van der Waals surface area contributed by atoms with E-state index in [1.165, 1.54) is 16.2 Å². The molecule has 0 aromatic carbocycles. The van der Waals surface area contributed by atoms with Gasteiger partial charge in [0.25, 0.3) is 11.8 Å². The molecule has 0 unspecified atom stereocenters. The van der Waals surface area contributed by atoms with Crippen molar-refractivity contribution in [3.63, 3.8) is 0 Å². The van der Waals surface area contributed by atoms with Crippen molar-refractivity contribution in [3.8, 4) is 11.4 Å². The van der Waals surface area contributed by atoms with Gasteiger partial charge in [0.05, 0.1) is 17.1 Å². The third kappa shape index (κ3) is 3.42. The van der Waals surface area contributed by atoms with Gasteiger partial charge in [0.15, 0.2) is 11.5 Å². The molecule has 1 saturated carbocycles. The van der Waals surface area contributed by atoms with Crippen molar-refractivity contribution in [1.82, 2.24) is 29.6 Å². The summed E-state index contributed by atoms with van der Waals surface area (Å²) in [7, 11) is 1.84. The van der Waals surface area contributed by atoms with Gasteiger partial charge >= 0.3 is 0 Å². The molecule has 0 bridgehead atoms. The van der Waals surface area contributed by atoms with Gasteiger partial charge in [0.2, 0.25) is 0 Å². The van der Waals surface area contributed by atoms with Crippen molar-refractivity contribution in [2.24, 2.45) is 7.05 Å². The van der Waals surface area contributed by atoms with Crippen molar-refractivity contribution >= 4 is 38.5 Å². The second-order valence-corrected chi connectivity index (χ2v) is 9.69. The number of amides is 1. The number of pyridine rings is 1. The normalized spacial score (nSPS) is 18.5. The van der Waals surface area contributed by atoms with Crippen LogP contribution in [0.1, 0.15) is 47.0 Å². The molecule has 10 heteroatoms. The largest absolute Gasteiger partial charge is 0.332 e. The zero-order chi connectivity index (χ0) is 22.0. The van der Waals surface area contributed by atoms with E-state index in [0.717, 1.165) is 34.9 Å². The predicted molar refractivity (Wildman–Crippen MR) is 117 cm³/mol. The molecule has 7 nitrogen and oxygen atoms in total. The molecular formula is C22H20F2N6OS. The number of carbonyl (C=O) groups excluding carboxylic acids is 1. The molecular weight excluding hydrogens is 434 g/mol. The molecule has 0 spiro atoms. The SMILES string of the molecule is Cn1cc2cc(-c3nc(C4CC4)c4cc(C(=O)N5CCCC(F)(F)C5)sc4n3)cnc2n1. The molecule has 1 aliphatic heterocycles. The highest BCUT2D eigenvalue weighted by Crippen LogP contribution is 2.44. The van der Waals surface area contributed by atoms with Crippen LogP contribution >= 0.6 is 11.3 Å². The fraction of sp³-hybridized carbons (Fsp3) is 0.409. The maximum atomic E-state index is 13.8. The number of carbonyl (C=O) groups is 1. The highest BCUT2D eigenvalue weighted by molar-refractivity contribution is 7.20. The van der Waals surface area contributed by atoms with Crippen LogP contribution in [0.15, 0.2) is 24.5 Å². The molecule has 4 aromatic heterocycles. The van der Waals surface area contributed by atoms with Gasteiger partial charge in [-0.2, -0.15) is 5.10 Å². The Kier molecular flexibility index (Phi) is 4.30. The lowest BCUT2D eigenvalue weighted by atomic mass is 10.1. The number of nitrogens with zero attached hydrogens (tertiary/aromatic N) is 6. The van der Waals surface area contributed by atoms with Crippen molar-refractivity contribution in [1.29, 1.82) is 0 Å².